The molecular formula is C23H26N4O2. The number of benzene rings is 1. The predicted molar refractivity (Wildman–Crippen MR) is 110 cm³/mol. The lowest BCUT2D eigenvalue weighted by molar-refractivity contribution is -0.133. The number of aromatic nitrogens is 3. The lowest BCUT2D eigenvalue weighted by atomic mass is 9.87. The van der Waals surface area contributed by atoms with Crippen LogP contribution in [0.3, 0.4) is 0 Å². The van der Waals surface area contributed by atoms with E-state index in [1.54, 1.807) is 12.4 Å². The SMILES string of the molecule is CCCN(C(=O)CCc1nc(-c2ccncc2)no1)C1CCc2ccccc2C1. The van der Waals surface area contributed by atoms with Crippen molar-refractivity contribution in [2.45, 2.75) is 51.5 Å². The number of aryl methyl sites for hydroxylation is 2. The highest BCUT2D eigenvalue weighted by Gasteiger charge is 2.27. The third-order valence-corrected chi connectivity index (χ3v) is 5.51. The zero-order valence-corrected chi connectivity index (χ0v) is 16.8. The fraction of sp³-hybridized carbons (Fsp3) is 0.391. The molecule has 1 amide bonds. The standard InChI is InChI=1S/C23H26N4O2/c1-2-15-27(20-8-7-17-5-3-4-6-19(17)16-20)22(28)10-9-21-25-23(26-29-21)18-11-13-24-14-12-18/h3-6,11-14,20H,2,7-10,15-16H2,1H3. The zero-order chi connectivity index (χ0) is 20.1. The first-order valence-corrected chi connectivity index (χ1v) is 10.3. The topological polar surface area (TPSA) is 72.1 Å². The molecule has 2 heterocycles. The molecule has 0 spiro atoms. The van der Waals surface area contributed by atoms with Crippen molar-refractivity contribution in [1.29, 1.82) is 0 Å². The molecule has 2 aromatic heterocycles. The van der Waals surface area contributed by atoms with Gasteiger partial charge in [0, 0.05) is 43.4 Å². The van der Waals surface area contributed by atoms with Crippen LogP contribution in [-0.4, -0.2) is 38.5 Å². The van der Waals surface area contributed by atoms with Gasteiger partial charge in [-0.1, -0.05) is 36.3 Å². The highest BCUT2D eigenvalue weighted by atomic mass is 16.5. The molecule has 6 heteroatoms. The molecule has 0 radical (unpaired) electrons. The molecule has 1 aliphatic carbocycles. The van der Waals surface area contributed by atoms with Crippen LogP contribution in [-0.2, 0) is 24.1 Å². The molecule has 4 rings (SSSR count). The van der Waals surface area contributed by atoms with Crippen LogP contribution < -0.4 is 0 Å². The fourth-order valence-corrected chi connectivity index (χ4v) is 4.03. The molecule has 0 saturated carbocycles. The molecule has 0 fully saturated rings. The van der Waals surface area contributed by atoms with E-state index < -0.39 is 0 Å². The normalized spacial score (nSPS) is 15.7. The van der Waals surface area contributed by atoms with Crippen molar-refractivity contribution in [2.75, 3.05) is 6.54 Å². The predicted octanol–water partition coefficient (Wildman–Crippen LogP) is 3.86. The van der Waals surface area contributed by atoms with Gasteiger partial charge >= 0.3 is 0 Å². The second-order valence-electron chi connectivity index (χ2n) is 7.50. The third kappa shape index (κ3) is 4.53. The summed E-state index contributed by atoms with van der Waals surface area (Å²) in [6, 6.07) is 12.5. The first-order valence-electron chi connectivity index (χ1n) is 10.3. The number of carbonyl (C=O) groups is 1. The van der Waals surface area contributed by atoms with Gasteiger partial charge in [0.05, 0.1) is 0 Å². The number of nitrogens with zero attached hydrogens (tertiary/aromatic N) is 4. The summed E-state index contributed by atoms with van der Waals surface area (Å²) in [6.45, 7) is 2.91. The summed E-state index contributed by atoms with van der Waals surface area (Å²) in [7, 11) is 0. The number of amides is 1. The summed E-state index contributed by atoms with van der Waals surface area (Å²) in [6.07, 6.45) is 8.18. The van der Waals surface area contributed by atoms with Gasteiger partial charge in [0.25, 0.3) is 0 Å². The number of hydrogen-bond acceptors (Lipinski definition) is 5. The summed E-state index contributed by atoms with van der Waals surface area (Å²) < 4.78 is 5.35. The molecule has 6 nitrogen and oxygen atoms in total. The maximum atomic E-state index is 13.0. The number of rotatable bonds is 7. The van der Waals surface area contributed by atoms with Gasteiger partial charge in [-0.3, -0.25) is 9.78 Å². The van der Waals surface area contributed by atoms with Gasteiger partial charge in [0.15, 0.2) is 0 Å². The second-order valence-corrected chi connectivity index (χ2v) is 7.50. The van der Waals surface area contributed by atoms with Crippen LogP contribution in [0.4, 0.5) is 0 Å². The Bertz CT molecular complexity index is 954. The summed E-state index contributed by atoms with van der Waals surface area (Å²) in [5.41, 5.74) is 3.65. The van der Waals surface area contributed by atoms with E-state index in [9.17, 15) is 4.79 Å². The summed E-state index contributed by atoms with van der Waals surface area (Å²) in [4.78, 5) is 23.5. The van der Waals surface area contributed by atoms with Crippen molar-refractivity contribution in [2.24, 2.45) is 0 Å². The van der Waals surface area contributed by atoms with E-state index in [-0.39, 0.29) is 11.9 Å². The van der Waals surface area contributed by atoms with Gasteiger partial charge in [-0.25, -0.2) is 0 Å². The Hall–Kier alpha value is -3.02. The van der Waals surface area contributed by atoms with E-state index in [2.05, 4.69) is 51.2 Å². The van der Waals surface area contributed by atoms with E-state index in [0.29, 0.717) is 24.6 Å². The Balaban J connectivity index is 1.39. The molecule has 3 aromatic rings. The Morgan fingerprint density at radius 3 is 2.76 bits per heavy atom. The van der Waals surface area contributed by atoms with Crippen LogP contribution >= 0.6 is 0 Å². The van der Waals surface area contributed by atoms with Crippen LogP contribution in [0.1, 0.15) is 43.2 Å². The van der Waals surface area contributed by atoms with Crippen molar-refractivity contribution in [3.63, 3.8) is 0 Å². The number of pyridine rings is 1. The van der Waals surface area contributed by atoms with Crippen molar-refractivity contribution in [3.05, 3.63) is 65.8 Å². The van der Waals surface area contributed by atoms with E-state index >= 15 is 0 Å². The Morgan fingerprint density at radius 2 is 1.97 bits per heavy atom. The number of fused-ring (bicyclic) bond motifs is 1. The van der Waals surface area contributed by atoms with E-state index in [0.717, 1.165) is 37.8 Å². The molecule has 150 valence electrons. The van der Waals surface area contributed by atoms with Crippen LogP contribution in [0.15, 0.2) is 53.3 Å². The Morgan fingerprint density at radius 1 is 1.17 bits per heavy atom. The minimum atomic E-state index is 0.167. The molecule has 0 bridgehead atoms. The van der Waals surface area contributed by atoms with Gasteiger partial charge in [0.1, 0.15) is 0 Å². The lowest BCUT2D eigenvalue weighted by Crippen LogP contribution is -2.44. The van der Waals surface area contributed by atoms with Crippen LogP contribution in [0, 0.1) is 0 Å². The minimum absolute atomic E-state index is 0.167. The highest BCUT2D eigenvalue weighted by Crippen LogP contribution is 2.25. The molecule has 1 atom stereocenters. The van der Waals surface area contributed by atoms with E-state index in [1.807, 2.05) is 12.1 Å². The van der Waals surface area contributed by atoms with Crippen LogP contribution in [0.5, 0.6) is 0 Å². The fourth-order valence-electron chi connectivity index (χ4n) is 4.03. The largest absolute Gasteiger partial charge is 0.339 e. The monoisotopic (exact) mass is 390 g/mol. The maximum Gasteiger partial charge on any atom is 0.227 e. The van der Waals surface area contributed by atoms with E-state index in [4.69, 9.17) is 4.52 Å². The Labute approximate surface area is 171 Å². The first kappa shape index (κ1) is 19.3. The summed E-state index contributed by atoms with van der Waals surface area (Å²) in [5, 5.41) is 4.02. The molecule has 29 heavy (non-hydrogen) atoms. The molecule has 1 unspecified atom stereocenters. The minimum Gasteiger partial charge on any atom is -0.339 e. The quantitative estimate of drug-likeness (QED) is 0.612. The van der Waals surface area contributed by atoms with Crippen molar-refractivity contribution in [3.8, 4) is 11.4 Å². The summed E-state index contributed by atoms with van der Waals surface area (Å²) >= 11 is 0. The second kappa shape index (κ2) is 8.99. The van der Waals surface area contributed by atoms with Gasteiger partial charge in [-0.05, 0) is 48.9 Å². The van der Waals surface area contributed by atoms with Gasteiger partial charge in [-0.2, -0.15) is 4.98 Å². The van der Waals surface area contributed by atoms with Crippen molar-refractivity contribution in [1.82, 2.24) is 20.0 Å². The molecule has 0 saturated heterocycles. The third-order valence-electron chi connectivity index (χ3n) is 5.51. The van der Waals surface area contributed by atoms with Crippen LogP contribution in [0.25, 0.3) is 11.4 Å². The molecular weight excluding hydrogens is 364 g/mol. The molecule has 0 aliphatic heterocycles. The van der Waals surface area contributed by atoms with Crippen molar-refractivity contribution < 1.29 is 9.32 Å². The van der Waals surface area contributed by atoms with Gasteiger partial charge in [0.2, 0.25) is 17.6 Å². The van der Waals surface area contributed by atoms with E-state index in [1.165, 1.54) is 11.1 Å². The van der Waals surface area contributed by atoms with Gasteiger partial charge in [-0.15, -0.1) is 0 Å². The summed E-state index contributed by atoms with van der Waals surface area (Å²) in [5.74, 6) is 1.19. The highest BCUT2D eigenvalue weighted by molar-refractivity contribution is 5.76. The molecule has 1 aromatic carbocycles. The zero-order valence-electron chi connectivity index (χ0n) is 16.8. The average molecular weight is 390 g/mol. The van der Waals surface area contributed by atoms with Crippen LogP contribution in [0.2, 0.25) is 0 Å². The van der Waals surface area contributed by atoms with Crippen molar-refractivity contribution >= 4 is 5.91 Å². The van der Waals surface area contributed by atoms with Gasteiger partial charge < -0.3 is 9.42 Å². The maximum absolute atomic E-state index is 13.0. The average Bonchev–Trinajstić information content (AvgIpc) is 3.25. The Kier molecular flexibility index (Phi) is 5.98. The number of carbonyl (C=O) groups excluding carboxylic acids is 1. The lowest BCUT2D eigenvalue weighted by Gasteiger charge is -2.35. The molecule has 0 N–H and O–H groups in total. The first-order chi connectivity index (χ1) is 14.2. The smallest absolute Gasteiger partial charge is 0.227 e. The number of hydrogen-bond donors (Lipinski definition) is 0. The molecule has 1 aliphatic rings.